The van der Waals surface area contributed by atoms with Crippen molar-refractivity contribution in [1.82, 2.24) is 4.90 Å². The average molecular weight is 357 g/mol. The third-order valence-corrected chi connectivity index (χ3v) is 4.92. The molecule has 0 unspecified atom stereocenters. The molecule has 2 aromatic rings. The Labute approximate surface area is 153 Å². The number of halogens is 1. The fourth-order valence-corrected chi connectivity index (χ4v) is 3.34. The lowest BCUT2D eigenvalue weighted by Gasteiger charge is -2.39. The molecule has 0 saturated carbocycles. The second kappa shape index (κ2) is 7.28. The summed E-state index contributed by atoms with van der Waals surface area (Å²) in [6.07, 6.45) is 0.863. The lowest BCUT2D eigenvalue weighted by molar-refractivity contribution is -0.124. The average Bonchev–Trinajstić information content (AvgIpc) is 2.64. The third kappa shape index (κ3) is 3.40. The smallest absolute Gasteiger partial charge is 0.254 e. The Morgan fingerprint density at radius 2 is 1.80 bits per heavy atom. The second-order valence-electron chi connectivity index (χ2n) is 6.15. The summed E-state index contributed by atoms with van der Waals surface area (Å²) in [5.74, 6) is -0.185. The Kier molecular flexibility index (Phi) is 5.09. The van der Waals surface area contributed by atoms with Crippen LogP contribution in [0.5, 0.6) is 0 Å². The van der Waals surface area contributed by atoms with Crippen molar-refractivity contribution in [1.29, 1.82) is 0 Å². The quantitative estimate of drug-likeness (QED) is 0.839. The van der Waals surface area contributed by atoms with E-state index >= 15 is 0 Å². The fraction of sp³-hybridized carbons (Fsp3) is 0.300. The summed E-state index contributed by atoms with van der Waals surface area (Å²) in [6, 6.07) is 14.2. The first-order valence-electron chi connectivity index (χ1n) is 8.48. The van der Waals surface area contributed by atoms with Gasteiger partial charge in [-0.05, 0) is 49.2 Å². The Hall–Kier alpha value is -2.33. The van der Waals surface area contributed by atoms with Gasteiger partial charge in [-0.3, -0.25) is 9.59 Å². The van der Waals surface area contributed by atoms with E-state index in [2.05, 4.69) is 6.92 Å². The van der Waals surface area contributed by atoms with Gasteiger partial charge in [-0.25, -0.2) is 0 Å². The Morgan fingerprint density at radius 1 is 1.12 bits per heavy atom. The summed E-state index contributed by atoms with van der Waals surface area (Å²) < 4.78 is 0. The Bertz CT molecular complexity index is 789. The number of aryl methyl sites for hydroxylation is 1. The topological polar surface area (TPSA) is 40.6 Å². The molecule has 1 aliphatic heterocycles. The van der Waals surface area contributed by atoms with Crippen molar-refractivity contribution in [2.45, 2.75) is 26.3 Å². The standard InChI is InChI=1S/C20H21ClN2O2/c1-3-15-6-4-5-7-18(15)23-13-12-22(14(2)19(23)24)20(25)16-8-10-17(21)11-9-16/h4-11,14H,3,12-13H2,1-2H3/t14-/m0/s1. The molecule has 0 aliphatic carbocycles. The summed E-state index contributed by atoms with van der Waals surface area (Å²) >= 11 is 5.88. The largest absolute Gasteiger partial charge is 0.325 e. The van der Waals surface area contributed by atoms with Gasteiger partial charge >= 0.3 is 0 Å². The van der Waals surface area contributed by atoms with E-state index in [4.69, 9.17) is 11.6 Å². The summed E-state index contributed by atoms with van der Waals surface area (Å²) in [4.78, 5) is 29.1. The Balaban J connectivity index is 1.82. The van der Waals surface area contributed by atoms with Crippen molar-refractivity contribution in [2.75, 3.05) is 18.0 Å². The van der Waals surface area contributed by atoms with Crippen LogP contribution in [0.1, 0.15) is 29.8 Å². The van der Waals surface area contributed by atoms with Crippen molar-refractivity contribution in [2.24, 2.45) is 0 Å². The molecule has 1 aliphatic rings. The molecule has 1 atom stereocenters. The first-order chi connectivity index (χ1) is 12.0. The zero-order chi connectivity index (χ0) is 18.0. The highest BCUT2D eigenvalue weighted by atomic mass is 35.5. The second-order valence-corrected chi connectivity index (χ2v) is 6.59. The van der Waals surface area contributed by atoms with Gasteiger partial charge in [0.2, 0.25) is 5.91 Å². The zero-order valence-electron chi connectivity index (χ0n) is 14.4. The lowest BCUT2D eigenvalue weighted by Crippen LogP contribution is -2.58. The maximum atomic E-state index is 12.9. The van der Waals surface area contributed by atoms with E-state index in [1.165, 1.54) is 0 Å². The predicted molar refractivity (Wildman–Crippen MR) is 100 cm³/mol. The number of anilines is 1. The zero-order valence-corrected chi connectivity index (χ0v) is 15.2. The van der Waals surface area contributed by atoms with E-state index in [-0.39, 0.29) is 11.8 Å². The molecule has 4 nitrogen and oxygen atoms in total. The van der Waals surface area contributed by atoms with E-state index < -0.39 is 6.04 Å². The van der Waals surface area contributed by atoms with Crippen molar-refractivity contribution < 1.29 is 9.59 Å². The van der Waals surface area contributed by atoms with Crippen LogP contribution in [-0.2, 0) is 11.2 Å². The SMILES string of the molecule is CCc1ccccc1N1CCN(C(=O)c2ccc(Cl)cc2)[C@@H](C)C1=O. The van der Waals surface area contributed by atoms with Gasteiger partial charge < -0.3 is 9.80 Å². The fourth-order valence-electron chi connectivity index (χ4n) is 3.22. The summed E-state index contributed by atoms with van der Waals surface area (Å²) in [6.45, 7) is 4.87. The molecule has 130 valence electrons. The van der Waals surface area contributed by atoms with Gasteiger partial charge in [-0.1, -0.05) is 36.7 Å². The number of carbonyl (C=O) groups excluding carboxylic acids is 2. The van der Waals surface area contributed by atoms with E-state index in [0.29, 0.717) is 23.7 Å². The van der Waals surface area contributed by atoms with Gasteiger partial charge in [0.25, 0.3) is 5.91 Å². The van der Waals surface area contributed by atoms with Gasteiger partial charge in [-0.15, -0.1) is 0 Å². The minimum atomic E-state index is -0.498. The molecule has 0 spiro atoms. The van der Waals surface area contributed by atoms with Crippen LogP contribution in [0.15, 0.2) is 48.5 Å². The Morgan fingerprint density at radius 3 is 2.48 bits per heavy atom. The summed E-state index contributed by atoms with van der Waals surface area (Å²) in [7, 11) is 0. The molecular weight excluding hydrogens is 336 g/mol. The van der Waals surface area contributed by atoms with E-state index in [0.717, 1.165) is 17.7 Å². The van der Waals surface area contributed by atoms with Crippen LogP contribution in [-0.4, -0.2) is 35.8 Å². The number of nitrogens with zero attached hydrogens (tertiary/aromatic N) is 2. The van der Waals surface area contributed by atoms with Crippen LogP contribution < -0.4 is 4.90 Å². The minimum absolute atomic E-state index is 0.0468. The molecule has 1 saturated heterocycles. The molecule has 2 aromatic carbocycles. The maximum absolute atomic E-state index is 12.9. The van der Waals surface area contributed by atoms with Crippen LogP contribution in [0.3, 0.4) is 0 Å². The number of amides is 2. The highest BCUT2D eigenvalue weighted by molar-refractivity contribution is 6.30. The molecule has 1 fully saturated rings. The highest BCUT2D eigenvalue weighted by Crippen LogP contribution is 2.26. The first kappa shape index (κ1) is 17.5. The van der Waals surface area contributed by atoms with Gasteiger partial charge in [-0.2, -0.15) is 0 Å². The van der Waals surface area contributed by atoms with E-state index in [1.807, 2.05) is 24.3 Å². The van der Waals surface area contributed by atoms with E-state index in [9.17, 15) is 9.59 Å². The normalized spacial score (nSPS) is 17.7. The van der Waals surface area contributed by atoms with Crippen molar-refractivity contribution in [3.63, 3.8) is 0 Å². The molecule has 1 heterocycles. The minimum Gasteiger partial charge on any atom is -0.325 e. The van der Waals surface area contributed by atoms with Crippen LogP contribution in [0, 0.1) is 0 Å². The van der Waals surface area contributed by atoms with Crippen LogP contribution >= 0.6 is 11.6 Å². The molecule has 0 aromatic heterocycles. The molecule has 0 bridgehead atoms. The molecule has 3 rings (SSSR count). The van der Waals surface area contributed by atoms with Gasteiger partial charge in [0.1, 0.15) is 6.04 Å². The molecular formula is C20H21ClN2O2. The first-order valence-corrected chi connectivity index (χ1v) is 8.86. The molecule has 5 heteroatoms. The number of benzene rings is 2. The van der Waals surface area contributed by atoms with Crippen molar-refractivity contribution in [3.8, 4) is 0 Å². The number of para-hydroxylation sites is 1. The van der Waals surface area contributed by atoms with Gasteiger partial charge in [0.05, 0.1) is 0 Å². The monoisotopic (exact) mass is 356 g/mol. The number of hydrogen-bond acceptors (Lipinski definition) is 2. The highest BCUT2D eigenvalue weighted by Gasteiger charge is 2.35. The lowest BCUT2D eigenvalue weighted by atomic mass is 10.1. The predicted octanol–water partition coefficient (Wildman–Crippen LogP) is 3.78. The van der Waals surface area contributed by atoms with Gasteiger partial charge in [0, 0.05) is 29.4 Å². The van der Waals surface area contributed by atoms with E-state index in [1.54, 1.807) is 41.0 Å². The molecule has 0 N–H and O–H groups in total. The summed E-state index contributed by atoms with van der Waals surface area (Å²) in [5, 5.41) is 0.585. The molecule has 0 radical (unpaired) electrons. The molecule has 25 heavy (non-hydrogen) atoms. The molecule has 2 amide bonds. The van der Waals surface area contributed by atoms with Crippen LogP contribution in [0.25, 0.3) is 0 Å². The van der Waals surface area contributed by atoms with Crippen molar-refractivity contribution in [3.05, 3.63) is 64.7 Å². The number of carbonyl (C=O) groups is 2. The number of hydrogen-bond donors (Lipinski definition) is 0. The van der Waals surface area contributed by atoms with Crippen LogP contribution in [0.4, 0.5) is 5.69 Å². The number of rotatable bonds is 3. The van der Waals surface area contributed by atoms with Gasteiger partial charge in [0.15, 0.2) is 0 Å². The van der Waals surface area contributed by atoms with Crippen molar-refractivity contribution >= 4 is 29.1 Å². The third-order valence-electron chi connectivity index (χ3n) is 4.67. The number of piperazine rings is 1. The maximum Gasteiger partial charge on any atom is 0.254 e. The van der Waals surface area contributed by atoms with Crippen LogP contribution in [0.2, 0.25) is 5.02 Å². The summed E-state index contributed by atoms with van der Waals surface area (Å²) in [5.41, 5.74) is 2.63.